The molecule has 0 radical (unpaired) electrons. The number of nitrogens with one attached hydrogen (secondary N) is 1. The van der Waals surface area contributed by atoms with Crippen molar-refractivity contribution in [3.63, 3.8) is 0 Å². The predicted octanol–water partition coefficient (Wildman–Crippen LogP) is 2.77. The number of carboxylic acids is 1. The van der Waals surface area contributed by atoms with Crippen LogP contribution in [-0.2, 0) is 11.2 Å². The van der Waals surface area contributed by atoms with Gasteiger partial charge in [0, 0.05) is 24.4 Å². The average Bonchev–Trinajstić information content (AvgIpc) is 2.96. The second kappa shape index (κ2) is 7.04. The molecule has 1 heterocycles. The molecule has 0 aliphatic carbocycles. The highest BCUT2D eigenvalue weighted by Crippen LogP contribution is 2.16. The fourth-order valence-electron chi connectivity index (χ4n) is 1.98. The van der Waals surface area contributed by atoms with Crippen molar-refractivity contribution in [3.8, 4) is 0 Å². The first kappa shape index (κ1) is 16.7. The van der Waals surface area contributed by atoms with Gasteiger partial charge in [-0.3, -0.25) is 4.79 Å². The van der Waals surface area contributed by atoms with Crippen molar-refractivity contribution in [1.29, 1.82) is 0 Å². The minimum absolute atomic E-state index is 0.168. The number of hydrogen-bond donors (Lipinski definition) is 2. The number of anilines is 1. The van der Waals surface area contributed by atoms with Gasteiger partial charge in [0.25, 0.3) is 0 Å². The van der Waals surface area contributed by atoms with E-state index < -0.39 is 5.97 Å². The largest absolute Gasteiger partial charge is 0.478 e. The van der Waals surface area contributed by atoms with Crippen LogP contribution in [0.15, 0.2) is 22.7 Å². The van der Waals surface area contributed by atoms with E-state index in [1.165, 1.54) is 6.07 Å². The van der Waals surface area contributed by atoms with E-state index >= 15 is 0 Å². The number of benzene rings is 1. The Morgan fingerprint density at radius 3 is 2.70 bits per heavy atom. The first-order valence-corrected chi connectivity index (χ1v) is 7.33. The molecule has 0 aliphatic heterocycles. The number of aryl methyl sites for hydroxylation is 2. The van der Waals surface area contributed by atoms with Crippen molar-refractivity contribution in [2.75, 3.05) is 5.32 Å². The van der Waals surface area contributed by atoms with Crippen LogP contribution in [0.25, 0.3) is 0 Å². The van der Waals surface area contributed by atoms with Crippen molar-refractivity contribution in [3.05, 3.63) is 41.0 Å². The van der Waals surface area contributed by atoms with Gasteiger partial charge in [-0.15, -0.1) is 0 Å². The Morgan fingerprint density at radius 1 is 1.35 bits per heavy atom. The number of carbonyl (C=O) groups excluding carboxylic acids is 1. The molecule has 0 aliphatic rings. The molecule has 2 N–H and O–H groups in total. The van der Waals surface area contributed by atoms with Gasteiger partial charge in [-0.2, -0.15) is 4.98 Å². The normalized spacial score (nSPS) is 10.8. The number of rotatable bonds is 6. The van der Waals surface area contributed by atoms with Gasteiger partial charge in [-0.05, 0) is 24.6 Å². The van der Waals surface area contributed by atoms with E-state index in [-0.39, 0.29) is 23.8 Å². The molecule has 1 amide bonds. The third-order valence-corrected chi connectivity index (χ3v) is 3.32. The van der Waals surface area contributed by atoms with Gasteiger partial charge >= 0.3 is 5.97 Å². The maximum Gasteiger partial charge on any atom is 0.336 e. The Labute approximate surface area is 133 Å². The van der Waals surface area contributed by atoms with Crippen molar-refractivity contribution < 1.29 is 19.2 Å². The van der Waals surface area contributed by atoms with Crippen LogP contribution in [0.5, 0.6) is 0 Å². The topological polar surface area (TPSA) is 105 Å². The molecule has 7 nitrogen and oxygen atoms in total. The molecule has 0 bridgehead atoms. The molecular formula is C16H19N3O4. The SMILES string of the molecule is Cc1ccc(NC(=O)CCc2nc(C(C)C)no2)cc1C(=O)O. The molecule has 7 heteroatoms. The number of carbonyl (C=O) groups is 2. The lowest BCUT2D eigenvalue weighted by atomic mass is 10.1. The average molecular weight is 317 g/mol. The zero-order chi connectivity index (χ0) is 17.0. The number of amides is 1. The summed E-state index contributed by atoms with van der Waals surface area (Å²) in [5.74, 6) is -0.0625. The lowest BCUT2D eigenvalue weighted by Gasteiger charge is -2.07. The van der Waals surface area contributed by atoms with Crippen LogP contribution in [0, 0.1) is 6.92 Å². The molecule has 0 spiro atoms. The highest BCUT2D eigenvalue weighted by Gasteiger charge is 2.13. The van der Waals surface area contributed by atoms with Crippen LogP contribution in [0.4, 0.5) is 5.69 Å². The van der Waals surface area contributed by atoms with Crippen LogP contribution in [0.1, 0.15) is 53.8 Å². The molecule has 2 aromatic rings. The van der Waals surface area contributed by atoms with Gasteiger partial charge in [0.05, 0.1) is 5.56 Å². The summed E-state index contributed by atoms with van der Waals surface area (Å²) in [6, 6.07) is 4.77. The van der Waals surface area contributed by atoms with E-state index in [0.717, 1.165) is 0 Å². The van der Waals surface area contributed by atoms with Gasteiger partial charge in [0.2, 0.25) is 11.8 Å². The molecule has 2 rings (SSSR count). The summed E-state index contributed by atoms with van der Waals surface area (Å²) in [5, 5.41) is 15.6. The van der Waals surface area contributed by atoms with E-state index in [9.17, 15) is 9.59 Å². The van der Waals surface area contributed by atoms with Gasteiger partial charge in [-0.1, -0.05) is 25.1 Å². The quantitative estimate of drug-likeness (QED) is 0.848. The Hall–Kier alpha value is -2.70. The van der Waals surface area contributed by atoms with Crippen LogP contribution in [0.3, 0.4) is 0 Å². The van der Waals surface area contributed by atoms with Gasteiger partial charge in [-0.25, -0.2) is 4.79 Å². The fraction of sp³-hybridized carbons (Fsp3) is 0.375. The second-order valence-corrected chi connectivity index (χ2v) is 5.58. The molecule has 0 saturated heterocycles. The van der Waals surface area contributed by atoms with Crippen LogP contribution < -0.4 is 5.32 Å². The number of aromatic nitrogens is 2. The Kier molecular flexibility index (Phi) is 5.10. The fourth-order valence-corrected chi connectivity index (χ4v) is 1.98. The maximum atomic E-state index is 11.9. The molecule has 23 heavy (non-hydrogen) atoms. The van der Waals surface area contributed by atoms with Crippen LogP contribution >= 0.6 is 0 Å². The zero-order valence-corrected chi connectivity index (χ0v) is 13.3. The second-order valence-electron chi connectivity index (χ2n) is 5.58. The van der Waals surface area contributed by atoms with Crippen molar-refractivity contribution in [2.45, 2.75) is 39.5 Å². The van der Waals surface area contributed by atoms with E-state index in [1.807, 2.05) is 13.8 Å². The summed E-state index contributed by atoms with van der Waals surface area (Å²) >= 11 is 0. The first-order chi connectivity index (χ1) is 10.9. The third kappa shape index (κ3) is 4.38. The third-order valence-electron chi connectivity index (χ3n) is 3.32. The van der Waals surface area contributed by atoms with Gasteiger partial charge < -0.3 is 14.9 Å². The van der Waals surface area contributed by atoms with E-state index in [1.54, 1.807) is 19.1 Å². The molecule has 0 unspecified atom stereocenters. The summed E-state index contributed by atoms with van der Waals surface area (Å²) in [6.07, 6.45) is 0.513. The molecule has 1 aromatic carbocycles. The summed E-state index contributed by atoms with van der Waals surface area (Å²) in [6.45, 7) is 5.62. The Bertz CT molecular complexity index is 722. The molecule has 0 saturated carbocycles. The molecule has 1 aromatic heterocycles. The molecular weight excluding hydrogens is 298 g/mol. The zero-order valence-electron chi connectivity index (χ0n) is 13.3. The summed E-state index contributed by atoms with van der Waals surface area (Å²) in [7, 11) is 0. The van der Waals surface area contributed by atoms with E-state index in [4.69, 9.17) is 9.63 Å². The predicted molar refractivity (Wildman–Crippen MR) is 83.5 cm³/mol. The Balaban J connectivity index is 1.94. The van der Waals surface area contributed by atoms with E-state index in [2.05, 4.69) is 15.5 Å². The maximum absolute atomic E-state index is 11.9. The monoisotopic (exact) mass is 317 g/mol. The van der Waals surface area contributed by atoms with Gasteiger partial charge in [0.1, 0.15) is 0 Å². The highest BCUT2D eigenvalue weighted by molar-refractivity contribution is 5.94. The number of carboxylic acid groups (broad SMARTS) is 1. The number of hydrogen-bond acceptors (Lipinski definition) is 5. The van der Waals surface area contributed by atoms with E-state index in [0.29, 0.717) is 29.4 Å². The Morgan fingerprint density at radius 2 is 2.09 bits per heavy atom. The molecule has 0 atom stereocenters. The lowest BCUT2D eigenvalue weighted by molar-refractivity contribution is -0.116. The van der Waals surface area contributed by atoms with Gasteiger partial charge in [0.15, 0.2) is 5.82 Å². The van der Waals surface area contributed by atoms with Crippen LogP contribution in [0.2, 0.25) is 0 Å². The van der Waals surface area contributed by atoms with Crippen LogP contribution in [-0.4, -0.2) is 27.1 Å². The molecule has 0 fully saturated rings. The lowest BCUT2D eigenvalue weighted by Crippen LogP contribution is -2.13. The minimum atomic E-state index is -1.02. The standard InChI is InChI=1S/C16H19N3O4/c1-9(2)15-18-14(23-19-15)7-6-13(20)17-11-5-4-10(3)12(8-11)16(21)22/h4-5,8-9H,6-7H2,1-3H3,(H,17,20)(H,21,22). The molecule has 122 valence electrons. The first-order valence-electron chi connectivity index (χ1n) is 7.33. The summed E-state index contributed by atoms with van der Waals surface area (Å²) in [4.78, 5) is 27.2. The number of nitrogens with zero attached hydrogens (tertiary/aromatic N) is 2. The minimum Gasteiger partial charge on any atom is -0.478 e. The van der Waals surface area contributed by atoms with Crippen molar-refractivity contribution in [1.82, 2.24) is 10.1 Å². The summed E-state index contributed by atoms with van der Waals surface area (Å²) < 4.78 is 5.07. The highest BCUT2D eigenvalue weighted by atomic mass is 16.5. The smallest absolute Gasteiger partial charge is 0.336 e. The van der Waals surface area contributed by atoms with Crippen molar-refractivity contribution >= 4 is 17.6 Å². The summed E-state index contributed by atoms with van der Waals surface area (Å²) in [5.41, 5.74) is 1.26. The number of aromatic carboxylic acids is 1. The van der Waals surface area contributed by atoms with Crippen molar-refractivity contribution in [2.24, 2.45) is 0 Å².